The maximum absolute atomic E-state index is 6.65. The van der Waals surface area contributed by atoms with E-state index in [1.54, 1.807) is 13.2 Å². The van der Waals surface area contributed by atoms with Gasteiger partial charge in [-0.3, -0.25) is 0 Å². The molecule has 2 rings (SSSR count). The number of alkyl halides is 1. The Morgan fingerprint density at radius 1 is 1.05 bits per heavy atom. The quantitative estimate of drug-likeness (QED) is 0.472. The molecule has 1 atom stereocenters. The summed E-state index contributed by atoms with van der Waals surface area (Å²) >= 11 is 19.1. The van der Waals surface area contributed by atoms with Crippen molar-refractivity contribution in [3.8, 4) is 5.75 Å². The van der Waals surface area contributed by atoms with Crippen molar-refractivity contribution in [2.75, 3.05) is 7.11 Å². The standard InChI is InChI=1S/C15H19Cl3O/c1-19-14-9-12(16)11(8-13(14)17)15(18)10-6-4-2-3-5-7-10/h8-10,15H,2-7H2,1H3. The van der Waals surface area contributed by atoms with E-state index in [4.69, 9.17) is 39.5 Å². The number of rotatable bonds is 3. The molecular formula is C15H19Cl3O. The molecule has 1 aliphatic carbocycles. The molecule has 0 amide bonds. The maximum atomic E-state index is 6.65. The minimum atomic E-state index is -0.0611. The van der Waals surface area contributed by atoms with Crippen molar-refractivity contribution in [1.29, 1.82) is 0 Å². The fourth-order valence-electron chi connectivity index (χ4n) is 2.77. The van der Waals surface area contributed by atoms with Gasteiger partial charge in [0, 0.05) is 11.1 Å². The predicted molar refractivity (Wildman–Crippen MR) is 82.8 cm³/mol. The summed E-state index contributed by atoms with van der Waals surface area (Å²) in [7, 11) is 1.58. The molecule has 0 heterocycles. The Bertz CT molecular complexity index is 426. The minimum absolute atomic E-state index is 0.0611. The Kier molecular flexibility index (Phi) is 5.68. The molecule has 19 heavy (non-hydrogen) atoms. The average molecular weight is 322 g/mol. The van der Waals surface area contributed by atoms with Gasteiger partial charge in [0.25, 0.3) is 0 Å². The van der Waals surface area contributed by atoms with Crippen molar-refractivity contribution in [2.45, 2.75) is 43.9 Å². The lowest BCUT2D eigenvalue weighted by molar-refractivity contribution is 0.414. The summed E-state index contributed by atoms with van der Waals surface area (Å²) < 4.78 is 5.17. The van der Waals surface area contributed by atoms with E-state index in [9.17, 15) is 0 Å². The Balaban J connectivity index is 2.22. The zero-order chi connectivity index (χ0) is 13.8. The smallest absolute Gasteiger partial charge is 0.138 e. The summed E-state index contributed by atoms with van der Waals surface area (Å²) in [5.41, 5.74) is 0.932. The monoisotopic (exact) mass is 320 g/mol. The van der Waals surface area contributed by atoms with Crippen molar-refractivity contribution in [3.63, 3.8) is 0 Å². The van der Waals surface area contributed by atoms with Crippen LogP contribution in [0.3, 0.4) is 0 Å². The van der Waals surface area contributed by atoms with E-state index in [1.165, 1.54) is 38.5 Å². The highest BCUT2D eigenvalue weighted by molar-refractivity contribution is 6.35. The molecule has 1 aliphatic rings. The summed E-state index contributed by atoms with van der Waals surface area (Å²) in [5.74, 6) is 1.09. The van der Waals surface area contributed by atoms with E-state index in [1.807, 2.05) is 6.07 Å². The van der Waals surface area contributed by atoms with Gasteiger partial charge in [-0.25, -0.2) is 0 Å². The van der Waals surface area contributed by atoms with Gasteiger partial charge in [0.1, 0.15) is 5.75 Å². The molecule has 1 fully saturated rings. The molecule has 0 radical (unpaired) electrons. The molecule has 1 aromatic carbocycles. The molecule has 0 bridgehead atoms. The fourth-order valence-corrected chi connectivity index (χ4v) is 3.78. The molecule has 1 unspecified atom stereocenters. The molecule has 1 aromatic rings. The zero-order valence-electron chi connectivity index (χ0n) is 11.1. The van der Waals surface area contributed by atoms with E-state index in [0.717, 1.165) is 5.56 Å². The minimum Gasteiger partial charge on any atom is -0.495 e. The van der Waals surface area contributed by atoms with Crippen LogP contribution in [0.25, 0.3) is 0 Å². The van der Waals surface area contributed by atoms with Gasteiger partial charge in [0.2, 0.25) is 0 Å². The number of ether oxygens (including phenoxy) is 1. The first-order valence-corrected chi connectivity index (χ1v) is 7.99. The van der Waals surface area contributed by atoms with E-state index in [2.05, 4.69) is 0 Å². The van der Waals surface area contributed by atoms with Gasteiger partial charge >= 0.3 is 0 Å². The average Bonchev–Trinajstić information content (AvgIpc) is 2.69. The van der Waals surface area contributed by atoms with Gasteiger partial charge < -0.3 is 4.74 Å². The third-order valence-electron chi connectivity index (χ3n) is 3.88. The van der Waals surface area contributed by atoms with E-state index < -0.39 is 0 Å². The molecule has 4 heteroatoms. The van der Waals surface area contributed by atoms with Gasteiger partial charge in [-0.1, -0.05) is 48.9 Å². The number of methoxy groups -OCH3 is 1. The molecule has 0 saturated heterocycles. The zero-order valence-corrected chi connectivity index (χ0v) is 13.4. The Hall–Kier alpha value is -0.110. The topological polar surface area (TPSA) is 9.23 Å². The Labute approximate surface area is 130 Å². The van der Waals surface area contributed by atoms with Crippen LogP contribution in [-0.2, 0) is 0 Å². The number of halogens is 3. The number of hydrogen-bond donors (Lipinski definition) is 0. The number of benzene rings is 1. The van der Waals surface area contributed by atoms with Crippen LogP contribution in [-0.4, -0.2) is 7.11 Å². The summed E-state index contributed by atoms with van der Waals surface area (Å²) in [6.45, 7) is 0. The normalized spacial score (nSPS) is 18.9. The van der Waals surface area contributed by atoms with Crippen molar-refractivity contribution in [1.82, 2.24) is 0 Å². The second-order valence-electron chi connectivity index (χ2n) is 5.16. The molecule has 0 aromatic heterocycles. The van der Waals surface area contributed by atoms with Crippen LogP contribution in [0.15, 0.2) is 12.1 Å². The SMILES string of the molecule is COc1cc(Cl)c(C(Cl)C2CCCCCC2)cc1Cl. The summed E-state index contributed by atoms with van der Waals surface area (Å²) in [5, 5.41) is 1.15. The van der Waals surface area contributed by atoms with Crippen molar-refractivity contribution >= 4 is 34.8 Å². The van der Waals surface area contributed by atoms with Crippen LogP contribution in [0.4, 0.5) is 0 Å². The highest BCUT2D eigenvalue weighted by Gasteiger charge is 2.25. The highest BCUT2D eigenvalue weighted by Crippen LogP contribution is 2.43. The molecule has 0 N–H and O–H groups in total. The van der Waals surface area contributed by atoms with E-state index >= 15 is 0 Å². The van der Waals surface area contributed by atoms with Crippen molar-refractivity contribution < 1.29 is 4.74 Å². The summed E-state index contributed by atoms with van der Waals surface area (Å²) in [6.07, 6.45) is 7.50. The van der Waals surface area contributed by atoms with Crippen molar-refractivity contribution in [3.05, 3.63) is 27.7 Å². The van der Waals surface area contributed by atoms with Crippen LogP contribution >= 0.6 is 34.8 Å². The van der Waals surface area contributed by atoms with Gasteiger partial charge in [-0.05, 0) is 30.4 Å². The summed E-state index contributed by atoms with van der Waals surface area (Å²) in [4.78, 5) is 0. The molecule has 1 saturated carbocycles. The molecule has 0 aliphatic heterocycles. The largest absolute Gasteiger partial charge is 0.495 e. The van der Waals surface area contributed by atoms with Gasteiger partial charge in [-0.2, -0.15) is 0 Å². The lowest BCUT2D eigenvalue weighted by atomic mass is 9.92. The summed E-state index contributed by atoms with van der Waals surface area (Å²) in [6, 6.07) is 3.61. The molecular weight excluding hydrogens is 303 g/mol. The Morgan fingerprint density at radius 3 is 2.26 bits per heavy atom. The second-order valence-corrected chi connectivity index (χ2v) is 6.45. The maximum Gasteiger partial charge on any atom is 0.138 e. The molecule has 0 spiro atoms. The Morgan fingerprint density at radius 2 is 1.68 bits per heavy atom. The first-order chi connectivity index (χ1) is 9.13. The first-order valence-electron chi connectivity index (χ1n) is 6.80. The highest BCUT2D eigenvalue weighted by atomic mass is 35.5. The van der Waals surface area contributed by atoms with Crippen LogP contribution in [0.1, 0.15) is 49.5 Å². The van der Waals surface area contributed by atoms with Crippen LogP contribution in [0.2, 0.25) is 10.0 Å². The molecule has 106 valence electrons. The van der Waals surface area contributed by atoms with Crippen LogP contribution < -0.4 is 4.74 Å². The molecule has 1 nitrogen and oxygen atoms in total. The van der Waals surface area contributed by atoms with E-state index in [0.29, 0.717) is 21.7 Å². The third-order valence-corrected chi connectivity index (χ3v) is 5.10. The first kappa shape index (κ1) is 15.3. The van der Waals surface area contributed by atoms with Crippen molar-refractivity contribution in [2.24, 2.45) is 5.92 Å². The lowest BCUT2D eigenvalue weighted by Crippen LogP contribution is -2.08. The fraction of sp³-hybridized carbons (Fsp3) is 0.600. The lowest BCUT2D eigenvalue weighted by Gasteiger charge is -2.22. The second kappa shape index (κ2) is 7.06. The van der Waals surface area contributed by atoms with Gasteiger partial charge in [0.05, 0.1) is 17.5 Å². The van der Waals surface area contributed by atoms with Gasteiger partial charge in [-0.15, -0.1) is 11.6 Å². The van der Waals surface area contributed by atoms with E-state index in [-0.39, 0.29) is 5.38 Å². The van der Waals surface area contributed by atoms with Crippen LogP contribution in [0, 0.1) is 5.92 Å². The van der Waals surface area contributed by atoms with Crippen LogP contribution in [0.5, 0.6) is 5.75 Å². The van der Waals surface area contributed by atoms with Gasteiger partial charge in [0.15, 0.2) is 0 Å². The number of hydrogen-bond acceptors (Lipinski definition) is 1. The third kappa shape index (κ3) is 3.71. The predicted octanol–water partition coefficient (Wildman–Crippen LogP) is 6.25.